The first-order valence-corrected chi connectivity index (χ1v) is 8.35. The maximum Gasteiger partial charge on any atom is 0.141 e. The zero-order valence-corrected chi connectivity index (χ0v) is 12.7. The average Bonchev–Trinajstić information content (AvgIpc) is 3.07. The van der Waals surface area contributed by atoms with E-state index in [4.69, 9.17) is 0 Å². The number of aliphatic hydroxyl groups is 2. The van der Waals surface area contributed by atoms with E-state index in [-0.39, 0.29) is 6.61 Å². The van der Waals surface area contributed by atoms with Crippen LogP contribution in [0.1, 0.15) is 29.7 Å². The van der Waals surface area contributed by atoms with Gasteiger partial charge in [0, 0.05) is 11.4 Å². The molecule has 0 aromatic carbocycles. The van der Waals surface area contributed by atoms with Crippen LogP contribution in [0.5, 0.6) is 0 Å². The molecular weight excluding hydrogens is 286 g/mol. The summed E-state index contributed by atoms with van der Waals surface area (Å²) in [6.45, 7) is 1.12. The van der Waals surface area contributed by atoms with E-state index in [1.807, 2.05) is 0 Å². The van der Waals surface area contributed by atoms with Gasteiger partial charge in [0.2, 0.25) is 0 Å². The van der Waals surface area contributed by atoms with E-state index in [0.717, 1.165) is 36.5 Å². The minimum atomic E-state index is -1.01. The Balaban J connectivity index is 1.79. The Morgan fingerprint density at radius 3 is 3.05 bits per heavy atom. The van der Waals surface area contributed by atoms with Crippen LogP contribution in [0.4, 0.5) is 5.82 Å². The molecule has 5 nitrogen and oxygen atoms in total. The highest BCUT2D eigenvalue weighted by molar-refractivity contribution is 7.19. The normalized spacial score (nSPS) is 25.5. The molecule has 0 amide bonds. The van der Waals surface area contributed by atoms with Crippen molar-refractivity contribution in [3.8, 4) is 0 Å². The average molecular weight is 305 g/mol. The van der Waals surface area contributed by atoms with Gasteiger partial charge in [-0.25, -0.2) is 9.97 Å². The monoisotopic (exact) mass is 305 g/mol. The molecule has 21 heavy (non-hydrogen) atoms. The minimum Gasteiger partial charge on any atom is -0.393 e. The van der Waals surface area contributed by atoms with Gasteiger partial charge in [0.1, 0.15) is 22.6 Å². The summed E-state index contributed by atoms with van der Waals surface area (Å²) in [5.74, 6) is 0.936. The minimum absolute atomic E-state index is 0.195. The third-order valence-corrected chi connectivity index (χ3v) is 5.83. The molecule has 1 saturated heterocycles. The van der Waals surface area contributed by atoms with Gasteiger partial charge in [-0.2, -0.15) is 0 Å². The molecule has 6 heteroatoms. The van der Waals surface area contributed by atoms with Crippen LogP contribution in [0, 0.1) is 0 Å². The molecule has 2 aromatic heterocycles. The molecule has 0 saturated carbocycles. The number of hydrogen-bond donors (Lipinski definition) is 2. The van der Waals surface area contributed by atoms with E-state index in [0.29, 0.717) is 13.0 Å². The standard InChI is InChI=1S/C15H19N3O2S/c19-8-15(20)5-2-6-18(7-15)13-12-10-3-1-4-11(10)21-14(12)17-9-16-13/h9,19-20H,1-8H2. The second-order valence-corrected chi connectivity index (χ2v) is 7.23. The molecule has 4 rings (SSSR count). The lowest BCUT2D eigenvalue weighted by molar-refractivity contribution is -0.0242. The second-order valence-electron chi connectivity index (χ2n) is 6.14. The fraction of sp³-hybridized carbons (Fsp3) is 0.600. The fourth-order valence-corrected chi connectivity index (χ4v) is 4.80. The molecule has 2 aliphatic rings. The maximum absolute atomic E-state index is 10.4. The number of hydrogen-bond acceptors (Lipinski definition) is 6. The zero-order valence-electron chi connectivity index (χ0n) is 11.9. The summed E-state index contributed by atoms with van der Waals surface area (Å²) < 4.78 is 0. The highest BCUT2D eigenvalue weighted by atomic mass is 32.1. The van der Waals surface area contributed by atoms with Crippen LogP contribution in [0.15, 0.2) is 6.33 Å². The molecule has 1 aliphatic carbocycles. The van der Waals surface area contributed by atoms with Gasteiger partial charge in [-0.15, -0.1) is 11.3 Å². The van der Waals surface area contributed by atoms with Gasteiger partial charge in [-0.1, -0.05) is 0 Å². The van der Waals surface area contributed by atoms with Crippen molar-refractivity contribution < 1.29 is 10.2 Å². The van der Waals surface area contributed by atoms with E-state index in [1.165, 1.54) is 22.2 Å². The molecule has 1 aliphatic heterocycles. The summed E-state index contributed by atoms with van der Waals surface area (Å²) in [4.78, 5) is 13.6. The molecule has 112 valence electrons. The lowest BCUT2D eigenvalue weighted by atomic mass is 9.93. The number of aliphatic hydroxyl groups excluding tert-OH is 1. The van der Waals surface area contributed by atoms with Crippen molar-refractivity contribution in [1.29, 1.82) is 0 Å². The summed E-state index contributed by atoms with van der Waals surface area (Å²) in [7, 11) is 0. The number of piperidine rings is 1. The zero-order chi connectivity index (χ0) is 14.4. The Hall–Kier alpha value is -1.24. The number of fused-ring (bicyclic) bond motifs is 3. The predicted molar refractivity (Wildman–Crippen MR) is 82.9 cm³/mol. The van der Waals surface area contributed by atoms with Gasteiger partial charge in [0.15, 0.2) is 0 Å². The maximum atomic E-state index is 10.4. The Morgan fingerprint density at radius 1 is 1.29 bits per heavy atom. The molecule has 1 fully saturated rings. The summed E-state index contributed by atoms with van der Waals surface area (Å²) in [5.41, 5.74) is 0.401. The number of β-amino-alcohol motifs (C(OH)–C–C–N with tert-alkyl or cyclic N) is 1. The first-order valence-electron chi connectivity index (χ1n) is 7.54. The third kappa shape index (κ3) is 2.13. The van der Waals surface area contributed by atoms with E-state index in [1.54, 1.807) is 17.7 Å². The predicted octanol–water partition coefficient (Wildman–Crippen LogP) is 1.50. The fourth-order valence-electron chi connectivity index (χ4n) is 3.57. The van der Waals surface area contributed by atoms with Gasteiger partial charge in [-0.05, 0) is 37.7 Å². The largest absolute Gasteiger partial charge is 0.393 e. The summed E-state index contributed by atoms with van der Waals surface area (Å²) in [6.07, 6.45) is 6.61. The molecule has 0 spiro atoms. The lowest BCUT2D eigenvalue weighted by Crippen LogP contribution is -2.50. The number of anilines is 1. The molecule has 0 radical (unpaired) electrons. The number of thiophene rings is 1. The number of aromatic nitrogens is 2. The highest BCUT2D eigenvalue weighted by Crippen LogP contribution is 2.41. The molecule has 0 bridgehead atoms. The first kappa shape index (κ1) is 13.4. The lowest BCUT2D eigenvalue weighted by Gasteiger charge is -2.38. The summed E-state index contributed by atoms with van der Waals surface area (Å²) in [6, 6.07) is 0. The van der Waals surface area contributed by atoms with Crippen LogP contribution < -0.4 is 4.90 Å². The smallest absolute Gasteiger partial charge is 0.141 e. The van der Waals surface area contributed by atoms with Gasteiger partial charge in [-0.3, -0.25) is 0 Å². The molecule has 2 N–H and O–H groups in total. The van der Waals surface area contributed by atoms with Crippen molar-refractivity contribution in [2.24, 2.45) is 0 Å². The van der Waals surface area contributed by atoms with Crippen molar-refractivity contribution in [3.05, 3.63) is 16.8 Å². The number of nitrogens with zero attached hydrogens (tertiary/aromatic N) is 3. The molecule has 1 unspecified atom stereocenters. The molecule has 1 atom stereocenters. The molecular formula is C15H19N3O2S. The highest BCUT2D eigenvalue weighted by Gasteiger charge is 2.34. The van der Waals surface area contributed by atoms with Crippen LogP contribution >= 0.6 is 11.3 Å². The quantitative estimate of drug-likeness (QED) is 0.880. The van der Waals surface area contributed by atoms with Gasteiger partial charge >= 0.3 is 0 Å². The summed E-state index contributed by atoms with van der Waals surface area (Å²) in [5, 5.41) is 21.0. The van der Waals surface area contributed by atoms with Crippen LogP contribution in [0.25, 0.3) is 10.2 Å². The van der Waals surface area contributed by atoms with Crippen LogP contribution in [-0.4, -0.2) is 45.5 Å². The Morgan fingerprint density at radius 2 is 2.19 bits per heavy atom. The Labute approximate surface area is 127 Å². The summed E-state index contributed by atoms with van der Waals surface area (Å²) >= 11 is 1.78. The first-order chi connectivity index (χ1) is 10.2. The van der Waals surface area contributed by atoms with E-state index >= 15 is 0 Å². The Bertz CT molecular complexity index is 687. The van der Waals surface area contributed by atoms with Crippen LogP contribution in [0.2, 0.25) is 0 Å². The van der Waals surface area contributed by atoms with Crippen molar-refractivity contribution in [3.63, 3.8) is 0 Å². The SMILES string of the molecule is OCC1(O)CCCN(c2ncnc3sc4c(c23)CCC4)C1. The van der Waals surface area contributed by atoms with E-state index in [2.05, 4.69) is 14.9 Å². The molecule has 2 aromatic rings. The van der Waals surface area contributed by atoms with Crippen molar-refractivity contribution in [1.82, 2.24) is 9.97 Å². The molecule has 3 heterocycles. The van der Waals surface area contributed by atoms with Crippen molar-refractivity contribution in [2.75, 3.05) is 24.6 Å². The van der Waals surface area contributed by atoms with Crippen LogP contribution in [-0.2, 0) is 12.8 Å². The van der Waals surface area contributed by atoms with E-state index < -0.39 is 5.60 Å². The second kappa shape index (κ2) is 4.90. The van der Waals surface area contributed by atoms with Gasteiger partial charge in [0.25, 0.3) is 0 Å². The van der Waals surface area contributed by atoms with Gasteiger partial charge < -0.3 is 15.1 Å². The van der Waals surface area contributed by atoms with Crippen LogP contribution in [0.3, 0.4) is 0 Å². The van der Waals surface area contributed by atoms with Crippen molar-refractivity contribution in [2.45, 2.75) is 37.7 Å². The van der Waals surface area contributed by atoms with E-state index in [9.17, 15) is 10.2 Å². The number of aryl methyl sites for hydroxylation is 2. The van der Waals surface area contributed by atoms with Crippen molar-refractivity contribution >= 4 is 27.4 Å². The topological polar surface area (TPSA) is 69.5 Å². The number of rotatable bonds is 2. The Kier molecular flexibility index (Phi) is 3.13. The van der Waals surface area contributed by atoms with Gasteiger partial charge in [0.05, 0.1) is 18.5 Å². The third-order valence-electron chi connectivity index (χ3n) is 4.63.